The summed E-state index contributed by atoms with van der Waals surface area (Å²) in [6.07, 6.45) is 5.27. The second-order valence-corrected chi connectivity index (χ2v) is 9.86. The van der Waals surface area contributed by atoms with E-state index in [0.717, 1.165) is 50.9 Å². The van der Waals surface area contributed by atoms with E-state index < -0.39 is 0 Å². The number of carbonyl (C=O) groups is 2. The van der Waals surface area contributed by atoms with E-state index in [-0.39, 0.29) is 23.8 Å². The summed E-state index contributed by atoms with van der Waals surface area (Å²) in [6, 6.07) is 12.7. The first-order chi connectivity index (χ1) is 14.5. The van der Waals surface area contributed by atoms with Gasteiger partial charge in [-0.3, -0.25) is 9.59 Å². The van der Waals surface area contributed by atoms with Gasteiger partial charge in [-0.2, -0.15) is 0 Å². The zero-order valence-electron chi connectivity index (χ0n) is 18.0. The summed E-state index contributed by atoms with van der Waals surface area (Å²) in [5.41, 5.74) is 2.07. The molecule has 3 heterocycles. The molecule has 1 aromatic heterocycles. The van der Waals surface area contributed by atoms with Crippen LogP contribution in [0.25, 0.3) is 0 Å². The minimum absolute atomic E-state index is 0.0645. The van der Waals surface area contributed by atoms with Crippen molar-refractivity contribution in [1.29, 1.82) is 0 Å². The van der Waals surface area contributed by atoms with Gasteiger partial charge in [0.25, 0.3) is 5.91 Å². The largest absolute Gasteiger partial charge is 0.342 e. The number of hydrogen-bond acceptors (Lipinski definition) is 3. The highest BCUT2D eigenvalue weighted by Crippen LogP contribution is 2.36. The van der Waals surface area contributed by atoms with E-state index >= 15 is 0 Å². The molecule has 2 fully saturated rings. The molecule has 160 valence electrons. The van der Waals surface area contributed by atoms with E-state index in [1.165, 1.54) is 16.9 Å². The number of carbonyl (C=O) groups excluding carboxylic acids is 2. The number of amides is 2. The maximum atomic E-state index is 13.4. The van der Waals surface area contributed by atoms with Crippen molar-refractivity contribution >= 4 is 23.2 Å². The van der Waals surface area contributed by atoms with E-state index in [0.29, 0.717) is 5.92 Å². The lowest BCUT2D eigenvalue weighted by molar-refractivity contribution is -0.135. The third-order valence-electron chi connectivity index (χ3n) is 6.52. The molecular weight excluding hydrogens is 392 g/mol. The van der Waals surface area contributed by atoms with Crippen molar-refractivity contribution in [2.75, 3.05) is 19.6 Å². The topological polar surface area (TPSA) is 40.6 Å². The molecule has 0 aliphatic carbocycles. The van der Waals surface area contributed by atoms with Crippen LogP contribution in [0.4, 0.5) is 0 Å². The number of benzene rings is 1. The number of rotatable bonds is 4. The molecule has 2 aliphatic rings. The van der Waals surface area contributed by atoms with Crippen molar-refractivity contribution in [1.82, 2.24) is 9.80 Å². The summed E-state index contributed by atoms with van der Waals surface area (Å²) < 4.78 is 0. The van der Waals surface area contributed by atoms with E-state index in [1.807, 2.05) is 30.2 Å². The van der Waals surface area contributed by atoms with Gasteiger partial charge in [-0.25, -0.2) is 0 Å². The average molecular weight is 425 g/mol. The van der Waals surface area contributed by atoms with E-state index in [2.05, 4.69) is 35.2 Å². The van der Waals surface area contributed by atoms with Gasteiger partial charge < -0.3 is 9.80 Å². The van der Waals surface area contributed by atoms with Crippen molar-refractivity contribution in [2.24, 2.45) is 5.92 Å². The van der Waals surface area contributed by atoms with Gasteiger partial charge in [-0.15, -0.1) is 11.3 Å². The Morgan fingerprint density at radius 2 is 1.73 bits per heavy atom. The van der Waals surface area contributed by atoms with Crippen LogP contribution in [0.5, 0.6) is 0 Å². The quantitative estimate of drug-likeness (QED) is 0.652. The van der Waals surface area contributed by atoms with Crippen LogP contribution in [0.15, 0.2) is 41.8 Å². The monoisotopic (exact) mass is 424 g/mol. The summed E-state index contributed by atoms with van der Waals surface area (Å²) in [5, 5.41) is 2.04. The predicted molar refractivity (Wildman–Crippen MR) is 122 cm³/mol. The minimum Gasteiger partial charge on any atom is -0.342 e. The Labute approximate surface area is 183 Å². The summed E-state index contributed by atoms with van der Waals surface area (Å²) in [7, 11) is 0. The second kappa shape index (κ2) is 9.34. The molecule has 0 spiro atoms. The van der Waals surface area contributed by atoms with Gasteiger partial charge in [-0.05, 0) is 49.7 Å². The highest BCUT2D eigenvalue weighted by atomic mass is 32.1. The van der Waals surface area contributed by atoms with Crippen LogP contribution in [0.2, 0.25) is 0 Å². The average Bonchev–Trinajstić information content (AvgIpc) is 3.29. The molecular formula is C25H32N2O2S. The van der Waals surface area contributed by atoms with E-state index in [4.69, 9.17) is 0 Å². The van der Waals surface area contributed by atoms with Crippen molar-refractivity contribution in [3.63, 3.8) is 0 Å². The fraction of sp³-hybridized carbons (Fsp3) is 0.520. The van der Waals surface area contributed by atoms with E-state index in [1.54, 1.807) is 11.3 Å². The highest BCUT2D eigenvalue weighted by Gasteiger charge is 2.30. The van der Waals surface area contributed by atoms with Crippen molar-refractivity contribution in [3.8, 4) is 0 Å². The molecule has 2 aliphatic heterocycles. The Balaban J connectivity index is 1.43. The number of thiophene rings is 1. The predicted octanol–water partition coefficient (Wildman–Crippen LogP) is 5.48. The first kappa shape index (κ1) is 21.1. The second-order valence-electron chi connectivity index (χ2n) is 8.91. The summed E-state index contributed by atoms with van der Waals surface area (Å²) in [4.78, 5) is 31.0. The van der Waals surface area contributed by atoms with Crippen molar-refractivity contribution < 1.29 is 9.59 Å². The summed E-state index contributed by atoms with van der Waals surface area (Å²) in [5.74, 6) is 0.944. The Morgan fingerprint density at radius 3 is 2.43 bits per heavy atom. The lowest BCUT2D eigenvalue weighted by Crippen LogP contribution is -2.40. The zero-order valence-corrected chi connectivity index (χ0v) is 18.9. The van der Waals surface area contributed by atoms with Crippen LogP contribution >= 0.6 is 11.3 Å². The third-order valence-corrected chi connectivity index (χ3v) is 7.61. The number of nitrogens with zero attached hydrogens (tertiary/aromatic N) is 2. The van der Waals surface area contributed by atoms with Crippen molar-refractivity contribution in [2.45, 2.75) is 57.9 Å². The van der Waals surface area contributed by atoms with Crippen LogP contribution in [0, 0.1) is 5.92 Å². The number of likely N-dealkylation sites (tertiary alicyclic amines) is 2. The molecule has 30 heavy (non-hydrogen) atoms. The van der Waals surface area contributed by atoms with Gasteiger partial charge >= 0.3 is 0 Å². The molecule has 2 aromatic rings. The minimum atomic E-state index is 0.0645. The fourth-order valence-corrected chi connectivity index (χ4v) is 5.85. The molecule has 1 atom stereocenters. The summed E-state index contributed by atoms with van der Waals surface area (Å²) >= 11 is 1.71. The molecule has 1 unspecified atom stereocenters. The van der Waals surface area contributed by atoms with Crippen molar-refractivity contribution in [3.05, 3.63) is 57.8 Å². The zero-order chi connectivity index (χ0) is 21.1. The lowest BCUT2D eigenvalue weighted by Gasteiger charge is -2.36. The van der Waals surface area contributed by atoms with Crippen LogP contribution < -0.4 is 0 Å². The molecule has 0 radical (unpaired) electrons. The molecule has 0 bridgehead atoms. The molecule has 1 aromatic carbocycles. The molecule has 2 amide bonds. The normalized spacial score (nSPS) is 20.6. The Hall–Kier alpha value is -2.14. The maximum Gasteiger partial charge on any atom is 0.255 e. The van der Waals surface area contributed by atoms with Gasteiger partial charge in [0.15, 0.2) is 0 Å². The standard InChI is InChI=1S/C25H32N2O2S/c1-18(2)24(28)26-14-11-20(12-15-26)23-16-21(17-30-23)25(29)27-13-7-6-10-22(27)19-8-4-3-5-9-19/h3-5,8-9,16-18,20,22H,6-7,10-15H2,1-2H3. The lowest BCUT2D eigenvalue weighted by atomic mass is 9.93. The van der Waals surface area contributed by atoms with Gasteiger partial charge in [0.05, 0.1) is 11.6 Å². The number of piperidine rings is 2. The van der Waals surface area contributed by atoms with Crippen LogP contribution in [0.1, 0.15) is 78.7 Å². The highest BCUT2D eigenvalue weighted by molar-refractivity contribution is 7.10. The van der Waals surface area contributed by atoms with Crippen LogP contribution in [0.3, 0.4) is 0 Å². The smallest absolute Gasteiger partial charge is 0.255 e. The van der Waals surface area contributed by atoms with Crippen LogP contribution in [-0.2, 0) is 4.79 Å². The Morgan fingerprint density at radius 1 is 1.00 bits per heavy atom. The first-order valence-corrected chi connectivity index (χ1v) is 12.2. The van der Waals surface area contributed by atoms with Crippen LogP contribution in [-0.4, -0.2) is 41.2 Å². The Kier molecular flexibility index (Phi) is 6.57. The molecule has 0 saturated carbocycles. The van der Waals surface area contributed by atoms with Gasteiger partial charge in [0.2, 0.25) is 5.91 Å². The summed E-state index contributed by atoms with van der Waals surface area (Å²) in [6.45, 7) is 6.42. The third kappa shape index (κ3) is 4.46. The molecule has 2 saturated heterocycles. The number of hydrogen-bond donors (Lipinski definition) is 0. The van der Waals surface area contributed by atoms with E-state index in [9.17, 15) is 9.59 Å². The molecule has 0 N–H and O–H groups in total. The molecule has 5 heteroatoms. The maximum absolute atomic E-state index is 13.4. The SMILES string of the molecule is CC(C)C(=O)N1CCC(c2cc(C(=O)N3CCCCC3c3ccccc3)cs2)CC1. The first-order valence-electron chi connectivity index (χ1n) is 11.3. The molecule has 4 nitrogen and oxygen atoms in total. The van der Waals surface area contributed by atoms with Gasteiger partial charge in [0.1, 0.15) is 0 Å². The fourth-order valence-electron chi connectivity index (χ4n) is 4.79. The van der Waals surface area contributed by atoms with Gasteiger partial charge in [-0.1, -0.05) is 44.2 Å². The molecule has 4 rings (SSSR count). The van der Waals surface area contributed by atoms with Gasteiger partial charge in [0, 0.05) is 35.8 Å². The Bertz CT molecular complexity index is 868.